The van der Waals surface area contributed by atoms with Crippen molar-refractivity contribution >= 4 is 29.1 Å². The Hall–Kier alpha value is -4.77. The van der Waals surface area contributed by atoms with Crippen LogP contribution in [-0.4, -0.2) is 29.2 Å². The highest BCUT2D eigenvalue weighted by Crippen LogP contribution is 2.34. The van der Waals surface area contributed by atoms with Crippen molar-refractivity contribution in [1.29, 1.82) is 0 Å². The summed E-state index contributed by atoms with van der Waals surface area (Å²) in [6.07, 6.45) is 1.74. The second kappa shape index (κ2) is 10.5. The fourth-order valence-electron chi connectivity index (χ4n) is 4.37. The van der Waals surface area contributed by atoms with Gasteiger partial charge in [0.25, 0.3) is 11.2 Å². The number of fused-ring (bicyclic) bond motifs is 1. The molecule has 0 amide bonds. The number of allylic oxidation sites excluding steroid dienone is 1. The average molecular weight is 546 g/mol. The lowest BCUT2D eigenvalue weighted by Crippen LogP contribution is -2.39. The molecule has 0 unspecified atom stereocenters. The summed E-state index contributed by atoms with van der Waals surface area (Å²) in [5.74, 6) is 0.686. The van der Waals surface area contributed by atoms with Crippen LogP contribution in [0.4, 0.5) is 5.69 Å². The van der Waals surface area contributed by atoms with Gasteiger partial charge in [-0.05, 0) is 49.8 Å². The topological polar surface area (TPSA) is 126 Å². The Morgan fingerprint density at radius 3 is 2.74 bits per heavy atom. The Morgan fingerprint density at radius 1 is 1.21 bits per heavy atom. The number of thiazole rings is 1. The molecule has 3 heterocycles. The van der Waals surface area contributed by atoms with Gasteiger partial charge in [0.2, 0.25) is 0 Å². The first-order valence-corrected chi connectivity index (χ1v) is 12.8. The van der Waals surface area contributed by atoms with Crippen molar-refractivity contribution in [3.05, 3.63) is 113 Å². The molecular formula is C28H23N3O7S. The number of methoxy groups -OCH3 is 1. The Labute approximate surface area is 225 Å². The van der Waals surface area contributed by atoms with Gasteiger partial charge in [-0.1, -0.05) is 35.6 Å². The third-order valence-corrected chi connectivity index (χ3v) is 7.13. The van der Waals surface area contributed by atoms with Crippen LogP contribution in [0.1, 0.15) is 31.2 Å². The van der Waals surface area contributed by atoms with Gasteiger partial charge in [0.1, 0.15) is 23.3 Å². The summed E-state index contributed by atoms with van der Waals surface area (Å²) in [7, 11) is 1.57. The van der Waals surface area contributed by atoms with Crippen LogP contribution in [0.25, 0.3) is 17.4 Å². The predicted octanol–water partition coefficient (Wildman–Crippen LogP) is 3.98. The summed E-state index contributed by atoms with van der Waals surface area (Å²) < 4.78 is 18.6. The van der Waals surface area contributed by atoms with Gasteiger partial charge in [-0.3, -0.25) is 19.5 Å². The Bertz CT molecular complexity index is 1810. The van der Waals surface area contributed by atoms with E-state index in [-0.39, 0.29) is 23.4 Å². The third-order valence-electron chi connectivity index (χ3n) is 6.15. The Morgan fingerprint density at radius 2 is 2.00 bits per heavy atom. The molecule has 1 aliphatic heterocycles. The average Bonchev–Trinajstić information content (AvgIpc) is 3.53. The minimum atomic E-state index is -0.944. The maximum Gasteiger partial charge on any atom is 0.338 e. The first-order chi connectivity index (χ1) is 18.8. The molecule has 0 saturated carbocycles. The fourth-order valence-corrected chi connectivity index (χ4v) is 5.42. The summed E-state index contributed by atoms with van der Waals surface area (Å²) in [5.41, 5.74) is 1.40. The molecule has 0 fully saturated rings. The summed E-state index contributed by atoms with van der Waals surface area (Å²) in [4.78, 5) is 42.6. The molecule has 0 saturated heterocycles. The highest BCUT2D eigenvalue weighted by atomic mass is 32.1. The van der Waals surface area contributed by atoms with E-state index in [9.17, 15) is 19.7 Å². The molecule has 0 N–H and O–H groups in total. The number of esters is 1. The van der Waals surface area contributed by atoms with Crippen molar-refractivity contribution < 1.29 is 23.6 Å². The minimum Gasteiger partial charge on any atom is -0.497 e. The minimum absolute atomic E-state index is 0.0843. The maximum atomic E-state index is 13.7. The van der Waals surface area contributed by atoms with Gasteiger partial charge in [0.05, 0.1) is 34.4 Å². The molecule has 2 aromatic carbocycles. The first kappa shape index (κ1) is 25.9. The van der Waals surface area contributed by atoms with Crippen molar-refractivity contribution in [1.82, 2.24) is 4.57 Å². The summed E-state index contributed by atoms with van der Waals surface area (Å²) in [6, 6.07) is 15.7. The standard InChI is InChI=1S/C28H23N3O7S/c1-4-37-27(33)24-16(2)29-28-30(26(32)23(39-28)14-17-7-5-10-20(13-17)36-3)25(24)22-12-11-21(38-22)18-8-6-9-19(15-18)31(34)35/h5-15,25H,4H2,1-3H3/b23-14-/t25-/m0/s1. The van der Waals surface area contributed by atoms with Crippen molar-refractivity contribution in [2.75, 3.05) is 13.7 Å². The van der Waals surface area contributed by atoms with E-state index in [2.05, 4.69) is 4.99 Å². The van der Waals surface area contributed by atoms with E-state index in [1.54, 1.807) is 51.3 Å². The molecule has 0 spiro atoms. The Balaban J connectivity index is 1.67. The molecule has 4 aromatic rings. The summed E-state index contributed by atoms with van der Waals surface area (Å²) >= 11 is 1.19. The number of carbonyl (C=O) groups excluding carboxylic acids is 1. The lowest BCUT2D eigenvalue weighted by Gasteiger charge is -2.22. The molecule has 5 rings (SSSR count). The molecule has 0 bridgehead atoms. The second-order valence-corrected chi connectivity index (χ2v) is 9.60. The van der Waals surface area contributed by atoms with Crippen LogP contribution >= 0.6 is 11.3 Å². The van der Waals surface area contributed by atoms with Gasteiger partial charge in [0.15, 0.2) is 4.80 Å². The van der Waals surface area contributed by atoms with E-state index in [4.69, 9.17) is 13.9 Å². The largest absolute Gasteiger partial charge is 0.497 e. The molecule has 11 heteroatoms. The number of furan rings is 1. The zero-order valence-electron chi connectivity index (χ0n) is 21.2. The van der Waals surface area contributed by atoms with Gasteiger partial charge in [0, 0.05) is 17.7 Å². The van der Waals surface area contributed by atoms with Crippen molar-refractivity contribution in [2.24, 2.45) is 4.99 Å². The van der Waals surface area contributed by atoms with Gasteiger partial charge in [-0.25, -0.2) is 9.79 Å². The second-order valence-electron chi connectivity index (χ2n) is 8.59. The zero-order chi connectivity index (χ0) is 27.7. The Kier molecular flexibility index (Phi) is 6.99. The highest BCUT2D eigenvalue weighted by Gasteiger charge is 2.35. The van der Waals surface area contributed by atoms with Crippen LogP contribution < -0.4 is 19.6 Å². The lowest BCUT2D eigenvalue weighted by molar-refractivity contribution is -0.384. The highest BCUT2D eigenvalue weighted by molar-refractivity contribution is 7.07. The summed E-state index contributed by atoms with van der Waals surface area (Å²) in [6.45, 7) is 3.52. The number of non-ortho nitro benzene ring substituents is 1. The van der Waals surface area contributed by atoms with E-state index in [0.29, 0.717) is 37.9 Å². The number of ether oxygens (including phenoxy) is 2. The number of nitro groups is 1. The van der Waals surface area contributed by atoms with Crippen LogP contribution in [0, 0.1) is 10.1 Å². The molecule has 39 heavy (non-hydrogen) atoms. The van der Waals surface area contributed by atoms with Crippen molar-refractivity contribution in [3.63, 3.8) is 0 Å². The number of nitro benzene ring substituents is 1. The van der Waals surface area contributed by atoms with E-state index < -0.39 is 16.9 Å². The molecular weight excluding hydrogens is 522 g/mol. The SMILES string of the molecule is CCOC(=O)C1=C(C)N=c2s/c(=C\c3cccc(OC)c3)c(=O)n2[C@H]1c1ccc(-c2cccc([N+](=O)[O-])c2)o1. The number of hydrogen-bond donors (Lipinski definition) is 0. The molecule has 0 radical (unpaired) electrons. The zero-order valence-corrected chi connectivity index (χ0v) is 22.1. The van der Waals surface area contributed by atoms with Gasteiger partial charge >= 0.3 is 5.97 Å². The fraction of sp³-hybridized carbons (Fsp3) is 0.179. The van der Waals surface area contributed by atoms with Crippen LogP contribution in [0.3, 0.4) is 0 Å². The molecule has 10 nitrogen and oxygen atoms in total. The molecule has 198 valence electrons. The number of rotatable bonds is 7. The van der Waals surface area contributed by atoms with Crippen molar-refractivity contribution in [3.8, 4) is 17.1 Å². The van der Waals surface area contributed by atoms with Crippen LogP contribution in [0.5, 0.6) is 5.75 Å². The number of benzene rings is 2. The number of hydrogen-bond acceptors (Lipinski definition) is 9. The third kappa shape index (κ3) is 4.91. The molecule has 2 aromatic heterocycles. The first-order valence-electron chi connectivity index (χ1n) is 12.0. The number of nitrogens with zero attached hydrogens (tertiary/aromatic N) is 3. The maximum absolute atomic E-state index is 13.7. The van der Waals surface area contributed by atoms with E-state index in [0.717, 1.165) is 5.56 Å². The van der Waals surface area contributed by atoms with Crippen LogP contribution in [0.15, 0.2) is 86.1 Å². The van der Waals surface area contributed by atoms with E-state index >= 15 is 0 Å². The van der Waals surface area contributed by atoms with E-state index in [1.165, 1.54) is 28.0 Å². The van der Waals surface area contributed by atoms with E-state index in [1.807, 2.05) is 24.3 Å². The summed E-state index contributed by atoms with van der Waals surface area (Å²) in [5, 5.41) is 11.3. The molecule has 0 aliphatic carbocycles. The normalized spacial score (nSPS) is 15.1. The van der Waals surface area contributed by atoms with Crippen LogP contribution in [-0.2, 0) is 9.53 Å². The molecule has 1 aliphatic rings. The number of carbonyl (C=O) groups is 1. The quantitative estimate of drug-likeness (QED) is 0.195. The monoisotopic (exact) mass is 545 g/mol. The smallest absolute Gasteiger partial charge is 0.338 e. The lowest BCUT2D eigenvalue weighted by atomic mass is 10.0. The molecule has 1 atom stereocenters. The predicted molar refractivity (Wildman–Crippen MR) is 144 cm³/mol. The van der Waals surface area contributed by atoms with Gasteiger partial charge in [-0.15, -0.1) is 0 Å². The number of aromatic nitrogens is 1. The van der Waals surface area contributed by atoms with Gasteiger partial charge < -0.3 is 13.9 Å². The van der Waals surface area contributed by atoms with Gasteiger partial charge in [-0.2, -0.15) is 0 Å². The van der Waals surface area contributed by atoms with Crippen LogP contribution in [0.2, 0.25) is 0 Å². The van der Waals surface area contributed by atoms with Crippen molar-refractivity contribution in [2.45, 2.75) is 19.9 Å².